The number of hydrogen-bond donors (Lipinski definition) is 1. The second-order valence-electron chi connectivity index (χ2n) is 6.74. The van der Waals surface area contributed by atoms with Gasteiger partial charge in [0, 0.05) is 0 Å². The monoisotopic (exact) mass is 349 g/mol. The Bertz CT molecular complexity index is 781. The topological polar surface area (TPSA) is 53.9 Å². The van der Waals surface area contributed by atoms with Gasteiger partial charge in [-0.25, -0.2) is 5.01 Å². The lowest BCUT2D eigenvalue weighted by atomic mass is 10.1. The predicted octanol–water partition coefficient (Wildman–Crippen LogP) is 2.95. The standard InChI is InChI=1S/C21H23N3O2/c25-21-14-20(23-24(21)18-10-12-22-13-11-18)17-6-8-19(9-7-17)26-15-16-4-2-1-3-5-16/h1-9,18,22H,10-15H2. The summed E-state index contributed by atoms with van der Waals surface area (Å²) in [7, 11) is 0. The minimum absolute atomic E-state index is 0.108. The molecule has 2 aliphatic rings. The number of ether oxygens (including phenoxy) is 1. The third-order valence-electron chi connectivity index (χ3n) is 4.89. The molecule has 0 saturated carbocycles. The van der Waals surface area contributed by atoms with Crippen LogP contribution in [-0.4, -0.2) is 35.8 Å². The molecule has 4 rings (SSSR count). The van der Waals surface area contributed by atoms with Crippen LogP contribution in [0.4, 0.5) is 0 Å². The lowest BCUT2D eigenvalue weighted by Crippen LogP contribution is -2.41. The van der Waals surface area contributed by atoms with Crippen molar-refractivity contribution in [3.05, 3.63) is 65.7 Å². The van der Waals surface area contributed by atoms with Crippen LogP contribution in [-0.2, 0) is 11.4 Å². The molecule has 0 bridgehead atoms. The van der Waals surface area contributed by atoms with Gasteiger partial charge < -0.3 is 10.1 Å². The molecule has 1 saturated heterocycles. The normalized spacial score (nSPS) is 18.1. The molecule has 0 unspecified atom stereocenters. The molecule has 1 amide bonds. The quantitative estimate of drug-likeness (QED) is 0.903. The van der Waals surface area contributed by atoms with E-state index in [4.69, 9.17) is 4.74 Å². The van der Waals surface area contributed by atoms with Crippen LogP contribution < -0.4 is 10.1 Å². The molecular formula is C21H23N3O2. The van der Waals surface area contributed by atoms with Crippen molar-refractivity contribution >= 4 is 11.6 Å². The van der Waals surface area contributed by atoms with Gasteiger partial charge in [-0.1, -0.05) is 30.3 Å². The fourth-order valence-electron chi connectivity index (χ4n) is 3.43. The van der Waals surface area contributed by atoms with E-state index in [1.807, 2.05) is 54.6 Å². The van der Waals surface area contributed by atoms with Crippen LogP contribution in [0.25, 0.3) is 0 Å². The third kappa shape index (κ3) is 3.78. The number of amides is 1. The first-order valence-electron chi connectivity index (χ1n) is 9.17. The van der Waals surface area contributed by atoms with E-state index in [1.54, 1.807) is 5.01 Å². The fraction of sp³-hybridized carbons (Fsp3) is 0.333. The Morgan fingerprint density at radius 1 is 1.04 bits per heavy atom. The van der Waals surface area contributed by atoms with E-state index in [-0.39, 0.29) is 11.9 Å². The van der Waals surface area contributed by atoms with Crippen molar-refractivity contribution in [3.63, 3.8) is 0 Å². The molecule has 5 nitrogen and oxygen atoms in total. The van der Waals surface area contributed by atoms with E-state index in [0.29, 0.717) is 13.0 Å². The van der Waals surface area contributed by atoms with E-state index in [2.05, 4.69) is 10.4 Å². The average Bonchev–Trinajstić information content (AvgIpc) is 3.10. The SMILES string of the molecule is O=C1CC(c2ccc(OCc3ccccc3)cc2)=NN1C1CCNCC1. The number of rotatable bonds is 5. The summed E-state index contributed by atoms with van der Waals surface area (Å²) in [6.07, 6.45) is 2.32. The highest BCUT2D eigenvalue weighted by Crippen LogP contribution is 2.23. The van der Waals surface area contributed by atoms with Crippen LogP contribution in [0, 0.1) is 0 Å². The van der Waals surface area contributed by atoms with Crippen molar-refractivity contribution in [2.45, 2.75) is 31.9 Å². The van der Waals surface area contributed by atoms with Crippen molar-refractivity contribution in [3.8, 4) is 5.75 Å². The molecule has 5 heteroatoms. The predicted molar refractivity (Wildman–Crippen MR) is 101 cm³/mol. The molecule has 26 heavy (non-hydrogen) atoms. The summed E-state index contributed by atoms with van der Waals surface area (Å²) in [5, 5.41) is 9.65. The Balaban J connectivity index is 1.41. The zero-order valence-electron chi connectivity index (χ0n) is 14.7. The zero-order valence-corrected chi connectivity index (χ0v) is 14.7. The van der Waals surface area contributed by atoms with Crippen LogP contribution in [0.1, 0.15) is 30.4 Å². The second kappa shape index (κ2) is 7.70. The number of hydrazone groups is 1. The zero-order chi connectivity index (χ0) is 17.8. The number of carbonyl (C=O) groups is 1. The highest BCUT2D eigenvalue weighted by Gasteiger charge is 2.31. The van der Waals surface area contributed by atoms with Gasteiger partial charge in [0.1, 0.15) is 12.4 Å². The minimum atomic E-state index is 0.108. The molecule has 0 aliphatic carbocycles. The summed E-state index contributed by atoms with van der Waals surface area (Å²) in [6, 6.07) is 18.2. The van der Waals surface area contributed by atoms with Crippen LogP contribution in [0.15, 0.2) is 59.7 Å². The molecule has 1 fully saturated rings. The Labute approximate surface area is 153 Å². The van der Waals surface area contributed by atoms with E-state index >= 15 is 0 Å². The maximum Gasteiger partial charge on any atom is 0.249 e. The number of nitrogens with zero attached hydrogens (tertiary/aromatic N) is 2. The molecule has 2 aromatic carbocycles. The summed E-state index contributed by atoms with van der Waals surface area (Å²) in [4.78, 5) is 12.3. The number of nitrogens with one attached hydrogen (secondary N) is 1. The van der Waals surface area contributed by atoms with Gasteiger partial charge in [0.05, 0.1) is 18.2 Å². The van der Waals surface area contributed by atoms with Crippen molar-refractivity contribution in [1.82, 2.24) is 10.3 Å². The Morgan fingerprint density at radius 2 is 1.77 bits per heavy atom. The highest BCUT2D eigenvalue weighted by molar-refractivity contribution is 6.13. The second-order valence-corrected chi connectivity index (χ2v) is 6.74. The summed E-state index contributed by atoms with van der Waals surface area (Å²) in [6.45, 7) is 2.45. The van der Waals surface area contributed by atoms with Crippen molar-refractivity contribution in [2.75, 3.05) is 13.1 Å². The largest absolute Gasteiger partial charge is 0.489 e. The molecule has 2 heterocycles. The molecule has 2 aromatic rings. The maximum absolute atomic E-state index is 12.3. The average molecular weight is 349 g/mol. The van der Waals surface area contributed by atoms with Crippen LogP contribution in [0.5, 0.6) is 5.75 Å². The maximum atomic E-state index is 12.3. The van der Waals surface area contributed by atoms with Gasteiger partial charge >= 0.3 is 0 Å². The molecule has 1 N–H and O–H groups in total. The molecule has 0 atom stereocenters. The number of carbonyl (C=O) groups excluding carboxylic acids is 1. The number of hydrogen-bond acceptors (Lipinski definition) is 4. The summed E-state index contributed by atoms with van der Waals surface area (Å²) >= 11 is 0. The molecule has 0 radical (unpaired) electrons. The van der Waals surface area contributed by atoms with Gasteiger partial charge in [-0.3, -0.25) is 4.79 Å². The molecule has 0 spiro atoms. The first-order valence-corrected chi connectivity index (χ1v) is 9.17. The summed E-state index contributed by atoms with van der Waals surface area (Å²) in [5.41, 5.74) is 2.98. The summed E-state index contributed by atoms with van der Waals surface area (Å²) in [5.74, 6) is 0.925. The lowest BCUT2D eigenvalue weighted by Gasteiger charge is -2.28. The minimum Gasteiger partial charge on any atom is -0.489 e. The highest BCUT2D eigenvalue weighted by atomic mass is 16.5. The van der Waals surface area contributed by atoms with E-state index in [9.17, 15) is 4.79 Å². The van der Waals surface area contributed by atoms with Gasteiger partial charge in [0.25, 0.3) is 0 Å². The smallest absolute Gasteiger partial charge is 0.249 e. The number of piperidine rings is 1. The van der Waals surface area contributed by atoms with Gasteiger partial charge in [-0.05, 0) is 61.3 Å². The van der Waals surface area contributed by atoms with E-state index in [0.717, 1.165) is 48.5 Å². The summed E-state index contributed by atoms with van der Waals surface area (Å²) < 4.78 is 5.82. The van der Waals surface area contributed by atoms with Crippen LogP contribution in [0.2, 0.25) is 0 Å². The van der Waals surface area contributed by atoms with Crippen molar-refractivity contribution in [2.24, 2.45) is 5.10 Å². The van der Waals surface area contributed by atoms with Gasteiger partial charge in [-0.15, -0.1) is 0 Å². The van der Waals surface area contributed by atoms with E-state index in [1.165, 1.54) is 0 Å². The molecule has 0 aromatic heterocycles. The van der Waals surface area contributed by atoms with Gasteiger partial charge in [0.2, 0.25) is 5.91 Å². The first-order chi connectivity index (χ1) is 12.8. The van der Waals surface area contributed by atoms with Crippen molar-refractivity contribution in [1.29, 1.82) is 0 Å². The van der Waals surface area contributed by atoms with Gasteiger partial charge in [0.15, 0.2) is 0 Å². The van der Waals surface area contributed by atoms with E-state index < -0.39 is 0 Å². The lowest BCUT2D eigenvalue weighted by molar-refractivity contribution is -0.131. The Hall–Kier alpha value is -2.66. The fourth-order valence-corrected chi connectivity index (χ4v) is 3.43. The van der Waals surface area contributed by atoms with Crippen LogP contribution in [0.3, 0.4) is 0 Å². The molecule has 2 aliphatic heterocycles. The van der Waals surface area contributed by atoms with Crippen LogP contribution >= 0.6 is 0 Å². The Kier molecular flexibility index (Phi) is 4.97. The molecular weight excluding hydrogens is 326 g/mol. The number of benzene rings is 2. The Morgan fingerprint density at radius 3 is 2.50 bits per heavy atom. The first kappa shape index (κ1) is 16.8. The third-order valence-corrected chi connectivity index (χ3v) is 4.89. The van der Waals surface area contributed by atoms with Crippen molar-refractivity contribution < 1.29 is 9.53 Å². The van der Waals surface area contributed by atoms with Gasteiger partial charge in [-0.2, -0.15) is 5.10 Å². The molecule has 134 valence electrons.